The molecular weight excluding hydrogens is 366 g/mol. The molecule has 2 N–H and O–H groups in total. The molecule has 3 rings (SSSR count). The van der Waals surface area contributed by atoms with Crippen LogP contribution in [0.2, 0.25) is 5.02 Å². The summed E-state index contributed by atoms with van der Waals surface area (Å²) in [6.07, 6.45) is 3.02. The molecule has 0 aliphatic heterocycles. The van der Waals surface area contributed by atoms with Gasteiger partial charge in [0.25, 0.3) is 0 Å². The molecule has 26 heavy (non-hydrogen) atoms. The molecule has 136 valence electrons. The van der Waals surface area contributed by atoms with Crippen LogP contribution in [0.3, 0.4) is 0 Å². The molecule has 1 aliphatic carbocycles. The summed E-state index contributed by atoms with van der Waals surface area (Å²) >= 11 is 7.57. The van der Waals surface area contributed by atoms with Crippen molar-refractivity contribution in [3.63, 3.8) is 0 Å². The molecule has 2 aromatic rings. The van der Waals surface area contributed by atoms with Crippen molar-refractivity contribution in [3.05, 3.63) is 50.9 Å². The van der Waals surface area contributed by atoms with Gasteiger partial charge in [-0.25, -0.2) is 0 Å². The maximum Gasteiger partial charge on any atom is 0.238 e. The number of hydrogen-bond acceptors (Lipinski definition) is 4. The van der Waals surface area contributed by atoms with Crippen LogP contribution in [-0.2, 0) is 17.6 Å². The first kappa shape index (κ1) is 18.9. The highest BCUT2D eigenvalue weighted by Gasteiger charge is 2.24. The Morgan fingerprint density at radius 1 is 1.50 bits per heavy atom. The quantitative estimate of drug-likeness (QED) is 0.782. The van der Waals surface area contributed by atoms with E-state index in [1.807, 2.05) is 31.2 Å². The summed E-state index contributed by atoms with van der Waals surface area (Å²) in [6, 6.07) is 9.87. The molecule has 0 spiro atoms. The van der Waals surface area contributed by atoms with Gasteiger partial charge in [-0.3, -0.25) is 4.79 Å². The van der Waals surface area contributed by atoms with Gasteiger partial charge in [0.15, 0.2) is 0 Å². The highest BCUT2D eigenvalue weighted by atomic mass is 35.5. The van der Waals surface area contributed by atoms with Gasteiger partial charge < -0.3 is 10.6 Å². The zero-order chi connectivity index (χ0) is 18.7. The molecule has 1 aromatic carbocycles. The number of nitrogens with one attached hydrogen (secondary N) is 2. The molecule has 0 unspecified atom stereocenters. The van der Waals surface area contributed by atoms with Crippen LogP contribution in [0.5, 0.6) is 0 Å². The van der Waals surface area contributed by atoms with Crippen molar-refractivity contribution in [1.29, 1.82) is 5.26 Å². The lowest BCUT2D eigenvalue weighted by molar-refractivity contribution is -0.115. The first-order chi connectivity index (χ1) is 12.5. The van der Waals surface area contributed by atoms with Crippen LogP contribution in [0.15, 0.2) is 24.3 Å². The molecule has 6 heteroatoms. The van der Waals surface area contributed by atoms with E-state index in [1.54, 1.807) is 11.3 Å². The second-order valence-corrected chi connectivity index (χ2v) is 8.42. The topological polar surface area (TPSA) is 64.9 Å². The Balaban J connectivity index is 1.63. The van der Waals surface area contributed by atoms with Gasteiger partial charge in [-0.05, 0) is 55.4 Å². The van der Waals surface area contributed by atoms with Gasteiger partial charge >= 0.3 is 0 Å². The van der Waals surface area contributed by atoms with E-state index in [1.165, 1.54) is 4.88 Å². The fourth-order valence-electron chi connectivity index (χ4n) is 3.27. The third-order valence-electron chi connectivity index (χ3n) is 4.79. The van der Waals surface area contributed by atoms with Gasteiger partial charge in [0.1, 0.15) is 11.1 Å². The number of halogens is 1. The minimum atomic E-state index is -0.137. The maximum absolute atomic E-state index is 12.4. The fraction of sp³-hybridized carbons (Fsp3) is 0.400. The van der Waals surface area contributed by atoms with Crippen LogP contribution in [0.1, 0.15) is 47.9 Å². The van der Waals surface area contributed by atoms with Crippen LogP contribution in [0, 0.1) is 17.2 Å². The lowest BCUT2D eigenvalue weighted by Gasteiger charge is -2.17. The molecular formula is C20H22ClN3OS. The molecule has 1 heterocycles. The Bertz CT molecular complexity index is 855. The molecule has 1 aromatic heterocycles. The number of benzene rings is 1. The molecule has 0 bridgehead atoms. The number of fused-ring (bicyclic) bond motifs is 1. The standard InChI is InChI=1S/C20H22ClN3OS/c1-12-6-7-16-17(10-22)20(26-18(16)8-12)24-19(25)11-23-13(2)14-4-3-5-15(21)9-14/h3-5,9,12-13,23H,6-8,11H2,1-2H3,(H,24,25)/t12-,13+/m1/s1. The van der Waals surface area contributed by atoms with Crippen molar-refractivity contribution in [2.45, 2.75) is 39.2 Å². The number of nitriles is 1. The summed E-state index contributed by atoms with van der Waals surface area (Å²) in [5.41, 5.74) is 2.81. The number of amides is 1. The van der Waals surface area contributed by atoms with E-state index in [9.17, 15) is 10.1 Å². The maximum atomic E-state index is 12.4. The Labute approximate surface area is 163 Å². The Morgan fingerprint density at radius 2 is 2.31 bits per heavy atom. The molecule has 1 amide bonds. The number of carbonyl (C=O) groups is 1. The van der Waals surface area contributed by atoms with Crippen LogP contribution in [0.25, 0.3) is 0 Å². The third kappa shape index (κ3) is 4.27. The summed E-state index contributed by atoms with van der Waals surface area (Å²) in [6.45, 7) is 4.40. The van der Waals surface area contributed by atoms with E-state index in [0.29, 0.717) is 21.5 Å². The number of hydrogen-bond donors (Lipinski definition) is 2. The molecule has 2 atom stereocenters. The third-order valence-corrected chi connectivity index (χ3v) is 6.20. The first-order valence-corrected chi connectivity index (χ1v) is 10.0. The van der Waals surface area contributed by atoms with Crippen LogP contribution >= 0.6 is 22.9 Å². The summed E-state index contributed by atoms with van der Waals surface area (Å²) in [4.78, 5) is 13.6. The van der Waals surface area contributed by atoms with E-state index in [-0.39, 0.29) is 18.5 Å². The highest BCUT2D eigenvalue weighted by Crippen LogP contribution is 2.39. The predicted molar refractivity (Wildman–Crippen MR) is 107 cm³/mol. The second-order valence-electron chi connectivity index (χ2n) is 6.87. The Hall–Kier alpha value is -1.87. The van der Waals surface area contributed by atoms with Crippen LogP contribution < -0.4 is 10.6 Å². The molecule has 0 saturated carbocycles. The van der Waals surface area contributed by atoms with E-state index in [0.717, 1.165) is 30.4 Å². The zero-order valence-corrected chi connectivity index (χ0v) is 16.5. The average molecular weight is 388 g/mol. The second kappa shape index (κ2) is 8.22. The van der Waals surface area contributed by atoms with Crippen molar-refractivity contribution in [2.24, 2.45) is 5.92 Å². The fourth-order valence-corrected chi connectivity index (χ4v) is 4.84. The Kier molecular flexibility index (Phi) is 5.98. The Morgan fingerprint density at radius 3 is 3.04 bits per heavy atom. The SMILES string of the molecule is C[C@@H]1CCc2c(sc(NC(=O)CN[C@@H](C)c3cccc(Cl)c3)c2C#N)C1. The monoisotopic (exact) mass is 387 g/mol. The molecule has 0 fully saturated rings. The number of carbonyl (C=O) groups excluding carboxylic acids is 1. The van der Waals surface area contributed by atoms with Crippen molar-refractivity contribution in [3.8, 4) is 6.07 Å². The van der Waals surface area contributed by atoms with E-state index < -0.39 is 0 Å². The van der Waals surface area contributed by atoms with E-state index >= 15 is 0 Å². The van der Waals surface area contributed by atoms with Crippen LogP contribution in [0.4, 0.5) is 5.00 Å². The summed E-state index contributed by atoms with van der Waals surface area (Å²) in [5, 5.41) is 17.0. The zero-order valence-electron chi connectivity index (χ0n) is 14.9. The minimum Gasteiger partial charge on any atom is -0.315 e. The van der Waals surface area contributed by atoms with Gasteiger partial charge in [0, 0.05) is 15.9 Å². The molecule has 4 nitrogen and oxygen atoms in total. The van der Waals surface area contributed by atoms with Crippen molar-refractivity contribution in [2.75, 3.05) is 11.9 Å². The molecule has 1 aliphatic rings. The smallest absolute Gasteiger partial charge is 0.238 e. The van der Waals surface area contributed by atoms with Gasteiger partial charge in [-0.2, -0.15) is 5.26 Å². The average Bonchev–Trinajstić information content (AvgIpc) is 2.95. The van der Waals surface area contributed by atoms with Crippen LogP contribution in [-0.4, -0.2) is 12.5 Å². The number of thiophene rings is 1. The van der Waals surface area contributed by atoms with Gasteiger partial charge in [-0.15, -0.1) is 11.3 Å². The van der Waals surface area contributed by atoms with E-state index in [4.69, 9.17) is 11.6 Å². The largest absolute Gasteiger partial charge is 0.315 e. The minimum absolute atomic E-state index is 0.00674. The summed E-state index contributed by atoms with van der Waals surface area (Å²) < 4.78 is 0. The molecule has 0 saturated heterocycles. The van der Waals surface area contributed by atoms with Gasteiger partial charge in [0.2, 0.25) is 5.91 Å². The molecule has 0 radical (unpaired) electrons. The highest BCUT2D eigenvalue weighted by molar-refractivity contribution is 7.16. The number of rotatable bonds is 5. The van der Waals surface area contributed by atoms with E-state index in [2.05, 4.69) is 23.6 Å². The summed E-state index contributed by atoms with van der Waals surface area (Å²) in [5.74, 6) is 0.499. The van der Waals surface area contributed by atoms with Crippen molar-refractivity contribution < 1.29 is 4.79 Å². The van der Waals surface area contributed by atoms with Gasteiger partial charge in [-0.1, -0.05) is 30.7 Å². The number of anilines is 1. The predicted octanol–water partition coefficient (Wildman–Crippen LogP) is 4.69. The first-order valence-electron chi connectivity index (χ1n) is 8.81. The van der Waals surface area contributed by atoms with Crippen molar-refractivity contribution in [1.82, 2.24) is 5.32 Å². The summed E-state index contributed by atoms with van der Waals surface area (Å²) in [7, 11) is 0. The lowest BCUT2D eigenvalue weighted by Crippen LogP contribution is -2.30. The number of nitrogens with zero attached hydrogens (tertiary/aromatic N) is 1. The lowest BCUT2D eigenvalue weighted by atomic mass is 9.89. The normalized spacial score (nSPS) is 17.2. The van der Waals surface area contributed by atoms with Crippen molar-refractivity contribution >= 4 is 33.8 Å². The van der Waals surface area contributed by atoms with Gasteiger partial charge in [0.05, 0.1) is 12.1 Å².